The zero-order valence-electron chi connectivity index (χ0n) is 12.1. The first-order chi connectivity index (χ1) is 9.43. The molecular weight excluding hydrogens is 252 g/mol. The first kappa shape index (κ1) is 14.4. The molecule has 0 radical (unpaired) electrons. The van der Waals surface area contributed by atoms with Gasteiger partial charge in [0.05, 0.1) is 0 Å². The van der Waals surface area contributed by atoms with Gasteiger partial charge in [-0.25, -0.2) is 0 Å². The minimum Gasteiger partial charge on any atom is -0.508 e. The fourth-order valence-corrected chi connectivity index (χ4v) is 2.35. The zero-order chi connectivity index (χ0) is 14.8. The Balaban J connectivity index is 2.16. The summed E-state index contributed by atoms with van der Waals surface area (Å²) in [4.78, 5) is 10.6. The van der Waals surface area contributed by atoms with Gasteiger partial charge in [-0.2, -0.15) is 0 Å². The van der Waals surface area contributed by atoms with Crippen molar-refractivity contribution >= 4 is 12.4 Å². The number of aromatic hydroxyl groups is 1. The van der Waals surface area contributed by atoms with Crippen molar-refractivity contribution in [2.75, 3.05) is 0 Å². The molecule has 0 amide bonds. The van der Waals surface area contributed by atoms with E-state index in [2.05, 4.69) is 0 Å². The molecule has 1 atom stereocenters. The van der Waals surface area contributed by atoms with Crippen LogP contribution in [0.5, 0.6) is 11.5 Å². The van der Waals surface area contributed by atoms with Crippen molar-refractivity contribution in [3.63, 3.8) is 0 Å². The monoisotopic (exact) mass is 272 g/mol. The molecule has 1 aliphatic rings. The van der Waals surface area contributed by atoms with Crippen molar-refractivity contribution in [3.05, 3.63) is 41.0 Å². The van der Waals surface area contributed by atoms with Crippen molar-refractivity contribution in [2.45, 2.75) is 39.2 Å². The van der Waals surface area contributed by atoms with E-state index >= 15 is 0 Å². The third-order valence-corrected chi connectivity index (χ3v) is 3.53. The number of benzene rings is 1. The minimum absolute atomic E-state index is 0.252. The number of carbonyl (C=O) groups is 1. The number of allylic oxidation sites excluding steroid dienone is 2. The summed E-state index contributed by atoms with van der Waals surface area (Å²) in [7, 11) is 0. The number of carbonyl (C=O) groups excluding carboxylic acids is 1. The van der Waals surface area contributed by atoms with Gasteiger partial charge in [-0.05, 0) is 63.0 Å². The summed E-state index contributed by atoms with van der Waals surface area (Å²) >= 11 is 0. The van der Waals surface area contributed by atoms with Gasteiger partial charge in [0.2, 0.25) is 0 Å². The Kier molecular flexibility index (Phi) is 3.98. The highest BCUT2D eigenvalue weighted by Crippen LogP contribution is 2.38. The third kappa shape index (κ3) is 3.10. The molecule has 0 bridgehead atoms. The lowest BCUT2D eigenvalue weighted by molar-refractivity contribution is -0.104. The van der Waals surface area contributed by atoms with E-state index in [4.69, 9.17) is 4.74 Å². The van der Waals surface area contributed by atoms with E-state index in [1.54, 1.807) is 19.1 Å². The van der Waals surface area contributed by atoms with Crippen LogP contribution in [0.4, 0.5) is 0 Å². The second kappa shape index (κ2) is 5.53. The van der Waals surface area contributed by atoms with Gasteiger partial charge in [-0.3, -0.25) is 4.79 Å². The number of phenolic OH excluding ortho intramolecular Hbond substituents is 1. The second-order valence-corrected chi connectivity index (χ2v) is 5.53. The van der Waals surface area contributed by atoms with E-state index < -0.39 is 0 Å². The van der Waals surface area contributed by atoms with Crippen LogP contribution >= 0.6 is 0 Å². The highest BCUT2D eigenvalue weighted by Gasteiger charge is 2.27. The fraction of sp³-hybridized carbons (Fsp3) is 0.353. The molecule has 0 aromatic heterocycles. The van der Waals surface area contributed by atoms with E-state index in [0.29, 0.717) is 0 Å². The van der Waals surface area contributed by atoms with E-state index in [0.717, 1.165) is 41.6 Å². The lowest BCUT2D eigenvalue weighted by Gasteiger charge is -2.32. The summed E-state index contributed by atoms with van der Waals surface area (Å²) in [5.74, 6) is 1.08. The van der Waals surface area contributed by atoms with Crippen LogP contribution in [0, 0.1) is 6.92 Å². The highest BCUT2D eigenvalue weighted by atomic mass is 16.5. The van der Waals surface area contributed by atoms with Gasteiger partial charge in [-0.1, -0.05) is 12.2 Å². The summed E-state index contributed by atoms with van der Waals surface area (Å²) in [5, 5.41) is 9.60. The maximum absolute atomic E-state index is 10.6. The van der Waals surface area contributed by atoms with Gasteiger partial charge < -0.3 is 9.84 Å². The molecular formula is C17H20O3. The summed E-state index contributed by atoms with van der Waals surface area (Å²) in [6.07, 6.45) is 8.38. The molecule has 1 heterocycles. The van der Waals surface area contributed by atoms with Crippen LogP contribution in [-0.2, 0) is 4.79 Å². The first-order valence-corrected chi connectivity index (χ1v) is 6.77. The average Bonchev–Trinajstić information content (AvgIpc) is 2.39. The molecule has 1 aromatic carbocycles. The SMILES string of the molecule is C/C(C=O)=C\CCC1(C)C=Cc2cc(O)cc(C)c2O1. The normalized spacial score (nSPS) is 21.2. The smallest absolute Gasteiger partial charge is 0.145 e. The predicted molar refractivity (Wildman–Crippen MR) is 80.0 cm³/mol. The Bertz CT molecular complexity index is 584. The molecule has 0 aliphatic carbocycles. The molecule has 1 N–H and O–H groups in total. The van der Waals surface area contributed by atoms with Crippen molar-refractivity contribution in [3.8, 4) is 11.5 Å². The largest absolute Gasteiger partial charge is 0.508 e. The van der Waals surface area contributed by atoms with Crippen LogP contribution in [0.1, 0.15) is 37.8 Å². The van der Waals surface area contributed by atoms with E-state index in [1.807, 2.05) is 32.1 Å². The van der Waals surface area contributed by atoms with Crippen LogP contribution in [0.2, 0.25) is 0 Å². The molecule has 0 fully saturated rings. The number of fused-ring (bicyclic) bond motifs is 1. The van der Waals surface area contributed by atoms with Gasteiger partial charge in [0, 0.05) is 5.56 Å². The number of aryl methyl sites for hydroxylation is 1. The maximum atomic E-state index is 10.6. The second-order valence-electron chi connectivity index (χ2n) is 5.53. The molecule has 1 aliphatic heterocycles. The van der Waals surface area contributed by atoms with Crippen molar-refractivity contribution in [1.82, 2.24) is 0 Å². The topological polar surface area (TPSA) is 46.5 Å². The molecule has 3 nitrogen and oxygen atoms in total. The summed E-state index contributed by atoms with van der Waals surface area (Å²) in [6.45, 7) is 5.76. The molecule has 2 rings (SSSR count). The number of aldehydes is 1. The quantitative estimate of drug-likeness (QED) is 0.670. The summed E-state index contributed by atoms with van der Waals surface area (Å²) in [6, 6.07) is 3.41. The van der Waals surface area contributed by atoms with Crippen LogP contribution in [0.25, 0.3) is 6.08 Å². The van der Waals surface area contributed by atoms with Gasteiger partial charge in [0.15, 0.2) is 0 Å². The molecule has 1 aromatic rings. The van der Waals surface area contributed by atoms with Crippen molar-refractivity contribution in [1.29, 1.82) is 0 Å². The lowest BCUT2D eigenvalue weighted by Crippen LogP contribution is -2.32. The lowest BCUT2D eigenvalue weighted by atomic mass is 9.93. The Morgan fingerprint density at radius 2 is 2.20 bits per heavy atom. The molecule has 3 heteroatoms. The predicted octanol–water partition coefficient (Wildman–Crippen LogP) is 3.79. The fourth-order valence-electron chi connectivity index (χ4n) is 2.35. The highest BCUT2D eigenvalue weighted by molar-refractivity contribution is 5.72. The first-order valence-electron chi connectivity index (χ1n) is 6.77. The Morgan fingerprint density at radius 1 is 1.45 bits per heavy atom. The standard InChI is InChI=1S/C17H20O3/c1-12(11-18)5-4-7-17(3)8-6-14-10-15(19)9-13(2)16(14)20-17/h5-6,8-11,19H,4,7H2,1-3H3/b12-5+. The number of hydrogen-bond donors (Lipinski definition) is 1. The molecule has 0 saturated heterocycles. The Hall–Kier alpha value is -2.03. The average molecular weight is 272 g/mol. The van der Waals surface area contributed by atoms with Gasteiger partial charge >= 0.3 is 0 Å². The Labute approximate surface area is 119 Å². The number of phenols is 1. The minimum atomic E-state index is -0.381. The maximum Gasteiger partial charge on any atom is 0.145 e. The van der Waals surface area contributed by atoms with E-state index in [-0.39, 0.29) is 11.4 Å². The Morgan fingerprint density at radius 3 is 2.90 bits per heavy atom. The number of ether oxygens (including phenoxy) is 1. The zero-order valence-corrected chi connectivity index (χ0v) is 12.1. The van der Waals surface area contributed by atoms with Gasteiger partial charge in [-0.15, -0.1) is 0 Å². The van der Waals surface area contributed by atoms with Crippen LogP contribution in [0.3, 0.4) is 0 Å². The van der Waals surface area contributed by atoms with E-state index in [1.165, 1.54) is 0 Å². The van der Waals surface area contributed by atoms with E-state index in [9.17, 15) is 9.90 Å². The van der Waals surface area contributed by atoms with Crippen molar-refractivity contribution in [2.24, 2.45) is 0 Å². The number of rotatable bonds is 4. The molecule has 1 unspecified atom stereocenters. The molecule has 106 valence electrons. The van der Waals surface area contributed by atoms with Crippen LogP contribution < -0.4 is 4.74 Å². The molecule has 20 heavy (non-hydrogen) atoms. The molecule has 0 spiro atoms. The molecule has 0 saturated carbocycles. The third-order valence-electron chi connectivity index (χ3n) is 3.53. The summed E-state index contributed by atoms with van der Waals surface area (Å²) < 4.78 is 6.11. The van der Waals surface area contributed by atoms with Gasteiger partial charge in [0.1, 0.15) is 23.4 Å². The van der Waals surface area contributed by atoms with Gasteiger partial charge in [0.25, 0.3) is 0 Å². The van der Waals surface area contributed by atoms with Crippen molar-refractivity contribution < 1.29 is 14.6 Å². The van der Waals surface area contributed by atoms with Crippen LogP contribution in [0.15, 0.2) is 29.9 Å². The summed E-state index contributed by atoms with van der Waals surface area (Å²) in [5.41, 5.74) is 2.19. The number of hydrogen-bond acceptors (Lipinski definition) is 3. The van der Waals surface area contributed by atoms with Crippen LogP contribution in [-0.4, -0.2) is 17.0 Å².